The maximum Gasteiger partial charge on any atom is 0.128 e. The molecule has 0 amide bonds. The van der Waals surface area contributed by atoms with E-state index in [2.05, 4.69) is 20.2 Å². The van der Waals surface area contributed by atoms with Gasteiger partial charge in [-0.3, -0.25) is 0 Å². The Hall–Kier alpha value is -1.95. The van der Waals surface area contributed by atoms with Gasteiger partial charge in [0.15, 0.2) is 0 Å². The second-order valence-corrected chi connectivity index (χ2v) is 4.68. The van der Waals surface area contributed by atoms with Gasteiger partial charge >= 0.3 is 0 Å². The van der Waals surface area contributed by atoms with Crippen LogP contribution in [-0.4, -0.2) is 39.2 Å². The van der Waals surface area contributed by atoms with Crippen LogP contribution < -0.4 is 4.90 Å². The first-order valence-electron chi connectivity index (χ1n) is 6.08. The summed E-state index contributed by atoms with van der Waals surface area (Å²) >= 11 is 0. The molecule has 0 spiro atoms. The van der Waals surface area contributed by atoms with Crippen LogP contribution in [0.1, 0.15) is 11.7 Å². The topological polar surface area (TPSA) is 56.1 Å². The second-order valence-electron chi connectivity index (χ2n) is 4.68. The van der Waals surface area contributed by atoms with E-state index in [1.807, 2.05) is 29.1 Å². The third kappa shape index (κ3) is 1.42. The molecule has 2 aromatic heterocycles. The first kappa shape index (κ1) is 10.0. The molecule has 0 aromatic carbocycles. The number of hydrogen-bond acceptors (Lipinski definition) is 5. The first-order chi connectivity index (χ1) is 8.92. The number of hydrogen-bond donors (Lipinski definition) is 0. The Morgan fingerprint density at radius 1 is 1.28 bits per heavy atom. The fraction of sp³-hybridized carbons (Fsp3) is 0.417. The summed E-state index contributed by atoms with van der Waals surface area (Å²) < 4.78 is 7.87. The van der Waals surface area contributed by atoms with Gasteiger partial charge in [-0.2, -0.15) is 0 Å². The lowest BCUT2D eigenvalue weighted by atomic mass is 10.2. The molecule has 2 aliphatic heterocycles. The van der Waals surface area contributed by atoms with Crippen molar-refractivity contribution >= 4 is 5.82 Å². The lowest BCUT2D eigenvalue weighted by Crippen LogP contribution is -2.32. The number of rotatable bonds is 1. The van der Waals surface area contributed by atoms with Gasteiger partial charge in [0.25, 0.3) is 0 Å². The zero-order valence-electron chi connectivity index (χ0n) is 9.81. The third-order valence-electron chi connectivity index (χ3n) is 3.62. The summed E-state index contributed by atoms with van der Waals surface area (Å²) in [7, 11) is 0. The predicted octanol–water partition coefficient (Wildman–Crippen LogP) is 0.633. The Bertz CT molecular complexity index is 555. The highest BCUT2D eigenvalue weighted by molar-refractivity contribution is 5.40. The number of aromatic nitrogens is 4. The lowest BCUT2D eigenvalue weighted by molar-refractivity contribution is -0.00254. The summed E-state index contributed by atoms with van der Waals surface area (Å²) in [4.78, 5) is 6.63. The molecule has 2 aromatic rings. The zero-order valence-corrected chi connectivity index (χ0v) is 9.81. The van der Waals surface area contributed by atoms with Crippen LogP contribution in [0.5, 0.6) is 0 Å². The average molecular weight is 243 g/mol. The largest absolute Gasteiger partial charge is 0.368 e. The van der Waals surface area contributed by atoms with Gasteiger partial charge in [-0.15, -0.1) is 5.10 Å². The molecule has 4 rings (SSSR count). The normalized spacial score (nSPS) is 25.9. The predicted molar refractivity (Wildman–Crippen MR) is 64.1 cm³/mol. The van der Waals surface area contributed by atoms with Gasteiger partial charge in [0.2, 0.25) is 0 Å². The van der Waals surface area contributed by atoms with E-state index in [1.165, 1.54) is 0 Å². The van der Waals surface area contributed by atoms with Crippen LogP contribution in [-0.2, 0) is 11.3 Å². The van der Waals surface area contributed by atoms with Crippen LogP contribution >= 0.6 is 0 Å². The van der Waals surface area contributed by atoms with E-state index in [1.54, 1.807) is 6.20 Å². The average Bonchev–Trinajstić information content (AvgIpc) is 3.05. The van der Waals surface area contributed by atoms with Gasteiger partial charge in [0.05, 0.1) is 30.6 Å². The molecule has 1 saturated heterocycles. The van der Waals surface area contributed by atoms with Gasteiger partial charge in [-0.25, -0.2) is 9.67 Å². The lowest BCUT2D eigenvalue weighted by Gasteiger charge is -2.25. The SMILES string of the molecule is c1ccc(N2CC3OCc4cnnn4C3C2)nc1. The maximum absolute atomic E-state index is 5.87. The Labute approximate surface area is 104 Å². The molecule has 6 nitrogen and oxygen atoms in total. The standard InChI is InChI=1S/C12H13N5O/c1-2-4-13-12(3-1)16-6-10-11(7-16)18-8-9-5-14-15-17(9)10/h1-5,10-11H,6-8H2. The minimum absolute atomic E-state index is 0.182. The molecule has 0 aliphatic carbocycles. The molecular formula is C12H13N5O. The van der Waals surface area contributed by atoms with E-state index in [-0.39, 0.29) is 12.1 Å². The molecule has 0 bridgehead atoms. The molecule has 0 saturated carbocycles. The number of anilines is 1. The Balaban J connectivity index is 1.64. The third-order valence-corrected chi connectivity index (χ3v) is 3.62. The molecular weight excluding hydrogens is 230 g/mol. The molecule has 1 fully saturated rings. The van der Waals surface area contributed by atoms with Gasteiger partial charge in [0, 0.05) is 19.3 Å². The number of ether oxygens (including phenoxy) is 1. The monoisotopic (exact) mass is 243 g/mol. The zero-order chi connectivity index (χ0) is 11.9. The van der Waals surface area contributed by atoms with Crippen molar-refractivity contribution in [3.63, 3.8) is 0 Å². The van der Waals surface area contributed by atoms with Crippen LogP contribution in [0.3, 0.4) is 0 Å². The van der Waals surface area contributed by atoms with E-state index < -0.39 is 0 Å². The molecule has 18 heavy (non-hydrogen) atoms. The molecule has 4 heterocycles. The van der Waals surface area contributed by atoms with E-state index in [4.69, 9.17) is 4.74 Å². The highest BCUT2D eigenvalue weighted by atomic mass is 16.5. The van der Waals surface area contributed by atoms with Crippen molar-refractivity contribution in [3.05, 3.63) is 36.3 Å². The molecule has 2 aliphatic rings. The fourth-order valence-electron chi connectivity index (χ4n) is 2.72. The van der Waals surface area contributed by atoms with Crippen LogP contribution in [0.2, 0.25) is 0 Å². The van der Waals surface area contributed by atoms with Crippen LogP contribution in [0, 0.1) is 0 Å². The van der Waals surface area contributed by atoms with Crippen LogP contribution in [0.25, 0.3) is 0 Å². The van der Waals surface area contributed by atoms with Crippen molar-refractivity contribution in [1.29, 1.82) is 0 Å². The van der Waals surface area contributed by atoms with Crippen molar-refractivity contribution < 1.29 is 4.74 Å². The summed E-state index contributed by atoms with van der Waals surface area (Å²) in [5, 5.41) is 8.13. The first-order valence-corrected chi connectivity index (χ1v) is 6.08. The minimum atomic E-state index is 0.182. The second kappa shape index (κ2) is 3.78. The highest BCUT2D eigenvalue weighted by Crippen LogP contribution is 2.31. The number of fused-ring (bicyclic) bond motifs is 3. The molecule has 2 unspecified atom stereocenters. The molecule has 0 radical (unpaired) electrons. The number of pyridine rings is 1. The minimum Gasteiger partial charge on any atom is -0.368 e. The van der Waals surface area contributed by atoms with Crippen molar-refractivity contribution in [3.8, 4) is 0 Å². The van der Waals surface area contributed by atoms with E-state index in [0.29, 0.717) is 6.61 Å². The Morgan fingerprint density at radius 3 is 3.17 bits per heavy atom. The molecule has 2 atom stereocenters. The van der Waals surface area contributed by atoms with Crippen molar-refractivity contribution in [2.24, 2.45) is 0 Å². The molecule has 6 heteroatoms. The number of nitrogens with zero attached hydrogens (tertiary/aromatic N) is 5. The quantitative estimate of drug-likeness (QED) is 0.735. The van der Waals surface area contributed by atoms with Gasteiger partial charge in [-0.05, 0) is 12.1 Å². The van der Waals surface area contributed by atoms with E-state index in [0.717, 1.165) is 24.6 Å². The van der Waals surface area contributed by atoms with Gasteiger partial charge in [0.1, 0.15) is 5.82 Å². The highest BCUT2D eigenvalue weighted by Gasteiger charge is 2.39. The van der Waals surface area contributed by atoms with Crippen molar-refractivity contribution in [2.75, 3.05) is 18.0 Å². The van der Waals surface area contributed by atoms with E-state index in [9.17, 15) is 0 Å². The smallest absolute Gasteiger partial charge is 0.128 e. The summed E-state index contributed by atoms with van der Waals surface area (Å²) in [5.74, 6) is 0.997. The summed E-state index contributed by atoms with van der Waals surface area (Å²) in [6.07, 6.45) is 3.78. The van der Waals surface area contributed by atoms with Gasteiger partial charge in [-0.1, -0.05) is 11.3 Å². The van der Waals surface area contributed by atoms with Crippen molar-refractivity contribution in [2.45, 2.75) is 18.8 Å². The Morgan fingerprint density at radius 2 is 2.28 bits per heavy atom. The van der Waals surface area contributed by atoms with Gasteiger partial charge < -0.3 is 9.64 Å². The summed E-state index contributed by atoms with van der Waals surface area (Å²) in [6, 6.07) is 6.21. The summed E-state index contributed by atoms with van der Waals surface area (Å²) in [5.41, 5.74) is 1.05. The fourth-order valence-corrected chi connectivity index (χ4v) is 2.72. The summed E-state index contributed by atoms with van der Waals surface area (Å²) in [6.45, 7) is 2.34. The Kier molecular flexibility index (Phi) is 2.10. The van der Waals surface area contributed by atoms with E-state index >= 15 is 0 Å². The van der Waals surface area contributed by atoms with Crippen molar-refractivity contribution in [1.82, 2.24) is 20.0 Å². The molecule has 0 N–H and O–H groups in total. The van der Waals surface area contributed by atoms with Crippen LogP contribution in [0.15, 0.2) is 30.6 Å². The van der Waals surface area contributed by atoms with Crippen LogP contribution in [0.4, 0.5) is 5.82 Å². The molecule has 92 valence electrons. The maximum atomic E-state index is 5.87.